The lowest BCUT2D eigenvalue weighted by atomic mass is 9.43. The minimum atomic E-state index is -0.273. The summed E-state index contributed by atoms with van der Waals surface area (Å²) in [6.07, 6.45) is 0. The molecule has 5 nitrogen and oxygen atoms in total. The van der Waals surface area contributed by atoms with E-state index >= 15 is 0 Å². The summed E-state index contributed by atoms with van der Waals surface area (Å²) >= 11 is 1.88. The molecule has 14 aromatic rings. The zero-order valence-electron chi connectivity index (χ0n) is 49.5. The van der Waals surface area contributed by atoms with E-state index in [1.54, 1.807) is 0 Å². The zero-order chi connectivity index (χ0) is 57.0. The van der Waals surface area contributed by atoms with Gasteiger partial charge < -0.3 is 23.1 Å². The van der Waals surface area contributed by atoms with E-state index in [0.717, 1.165) is 72.5 Å². The van der Waals surface area contributed by atoms with Crippen molar-refractivity contribution in [2.24, 2.45) is 0 Å². The van der Waals surface area contributed by atoms with Gasteiger partial charge >= 0.3 is 6.85 Å². The van der Waals surface area contributed by atoms with Gasteiger partial charge in [0.25, 0.3) is 0 Å². The topological polar surface area (TPSA) is 37.7 Å². The van der Waals surface area contributed by atoms with Gasteiger partial charge in [-0.1, -0.05) is 162 Å². The number of anilines is 5. The summed E-state index contributed by atoms with van der Waals surface area (Å²) in [4.78, 5) is 5.10. The van der Waals surface area contributed by atoms with Crippen LogP contribution in [0.4, 0.5) is 28.4 Å². The number of aromatic nitrogens is 1. The average molecular weight is 1100 g/mol. The van der Waals surface area contributed by atoms with Gasteiger partial charge in [0.15, 0.2) is 0 Å². The van der Waals surface area contributed by atoms with Crippen LogP contribution in [0.15, 0.2) is 191 Å². The van der Waals surface area contributed by atoms with Crippen LogP contribution in [0.5, 0.6) is 0 Å². The Labute approximate surface area is 489 Å². The third kappa shape index (κ3) is 7.39. The van der Waals surface area contributed by atoms with Crippen LogP contribution in [0.1, 0.15) is 105 Å². The van der Waals surface area contributed by atoms with Gasteiger partial charge in [-0.15, -0.1) is 11.3 Å². The van der Waals surface area contributed by atoms with E-state index in [9.17, 15) is 0 Å². The van der Waals surface area contributed by atoms with E-state index in [2.05, 4.69) is 279 Å². The number of fused-ring (bicyclic) bond motifs is 19. The van der Waals surface area contributed by atoms with E-state index in [1.165, 1.54) is 91.8 Å². The van der Waals surface area contributed by atoms with Crippen molar-refractivity contribution < 1.29 is 8.83 Å². The monoisotopic (exact) mass is 1100 g/mol. The number of para-hydroxylation sites is 2. The van der Waals surface area contributed by atoms with E-state index in [0.29, 0.717) is 0 Å². The van der Waals surface area contributed by atoms with Crippen molar-refractivity contribution in [2.45, 2.75) is 105 Å². The van der Waals surface area contributed by atoms with E-state index < -0.39 is 0 Å². The Kier molecular flexibility index (Phi) is 10.3. The molecule has 83 heavy (non-hydrogen) atoms. The number of furan rings is 2. The van der Waals surface area contributed by atoms with Crippen molar-refractivity contribution >= 4 is 143 Å². The Morgan fingerprint density at radius 1 is 0.422 bits per heavy atom. The Morgan fingerprint density at radius 2 is 0.976 bits per heavy atom. The molecule has 0 saturated carbocycles. The maximum Gasteiger partial charge on any atom is 0.333 e. The van der Waals surface area contributed by atoms with Gasteiger partial charge in [-0.3, -0.25) is 0 Å². The van der Waals surface area contributed by atoms with Crippen molar-refractivity contribution in [3.63, 3.8) is 0 Å². The first-order valence-corrected chi connectivity index (χ1v) is 30.3. The number of benzene rings is 10. The highest BCUT2D eigenvalue weighted by Gasteiger charge is 2.47. The maximum absolute atomic E-state index is 7.44. The zero-order valence-corrected chi connectivity index (χ0v) is 50.3. The summed E-state index contributed by atoms with van der Waals surface area (Å²) in [5.74, 6) is 0. The summed E-state index contributed by atoms with van der Waals surface area (Å²) in [6.45, 7) is 27.3. The first kappa shape index (κ1) is 50.2. The van der Waals surface area contributed by atoms with Crippen LogP contribution < -0.4 is 20.6 Å². The van der Waals surface area contributed by atoms with Crippen molar-refractivity contribution in [1.82, 2.24) is 4.57 Å². The molecule has 2 aliphatic rings. The quantitative estimate of drug-likeness (QED) is 0.165. The Morgan fingerprint density at radius 3 is 1.61 bits per heavy atom. The van der Waals surface area contributed by atoms with Crippen molar-refractivity contribution in [2.75, 3.05) is 9.71 Å². The summed E-state index contributed by atoms with van der Waals surface area (Å²) in [6, 6.07) is 69.2. The van der Waals surface area contributed by atoms with Gasteiger partial charge in [0.1, 0.15) is 22.3 Å². The SMILES string of the molecule is CC(C)(C)c1ccc(N2B3c4cc5oc6ccccc6c5cc4-n4c5ccc(C(C)(C)C)cc5c5c6c(oc7ccccc76)c(c3c54)-c3cc4sc5ccc(N(c6ccc(C(C)(C)C)cc6)c6ccc(C(C)(C)C)cc6)cc5c4cc32)cc1. The fourth-order valence-electron chi connectivity index (χ4n) is 13.9. The molecule has 0 saturated heterocycles. The van der Waals surface area contributed by atoms with Crippen LogP contribution in [0.2, 0.25) is 0 Å². The summed E-state index contributed by atoms with van der Waals surface area (Å²) in [5, 5.41) is 9.47. The van der Waals surface area contributed by atoms with Gasteiger partial charge in [-0.05, 0) is 158 Å². The van der Waals surface area contributed by atoms with Crippen molar-refractivity contribution in [1.29, 1.82) is 0 Å². The molecular formula is C76H66BN3O2S. The first-order chi connectivity index (χ1) is 39.7. The third-order valence-corrected chi connectivity index (χ3v) is 19.5. The average Bonchev–Trinajstić information content (AvgIpc) is 1.67. The second-order valence-corrected chi connectivity index (χ2v) is 28.9. The molecule has 0 atom stereocenters. The molecular weight excluding hydrogens is 1030 g/mol. The maximum atomic E-state index is 7.44. The minimum absolute atomic E-state index is 0.0300. The van der Waals surface area contributed by atoms with Gasteiger partial charge in [-0.25, -0.2) is 0 Å². The molecule has 0 aliphatic carbocycles. The Bertz CT molecular complexity index is 5000. The lowest BCUT2D eigenvalue weighted by Gasteiger charge is -2.42. The molecule has 2 aliphatic heterocycles. The lowest BCUT2D eigenvalue weighted by molar-refractivity contribution is 0.590. The lowest BCUT2D eigenvalue weighted by Crippen LogP contribution is -2.60. The number of nitrogens with zero attached hydrogens (tertiary/aromatic N) is 3. The van der Waals surface area contributed by atoms with Gasteiger partial charge in [0, 0.05) is 97.7 Å². The number of rotatable bonds is 4. The van der Waals surface area contributed by atoms with Crippen LogP contribution in [0, 0.1) is 0 Å². The van der Waals surface area contributed by atoms with E-state index in [4.69, 9.17) is 8.83 Å². The Hall–Kier alpha value is -8.52. The molecule has 0 bridgehead atoms. The summed E-state index contributed by atoms with van der Waals surface area (Å²) in [7, 11) is 0. The van der Waals surface area contributed by atoms with Gasteiger partial charge in [0.2, 0.25) is 0 Å². The fourth-order valence-corrected chi connectivity index (χ4v) is 15.0. The number of hydrogen-bond acceptors (Lipinski definition) is 5. The molecule has 7 heteroatoms. The molecule has 0 radical (unpaired) electrons. The smallest absolute Gasteiger partial charge is 0.333 e. The molecule has 0 amide bonds. The molecule has 6 heterocycles. The van der Waals surface area contributed by atoms with Crippen molar-refractivity contribution in [3.8, 4) is 16.8 Å². The van der Waals surface area contributed by atoms with Crippen LogP contribution in [0.25, 0.3) is 103 Å². The van der Waals surface area contributed by atoms with E-state index in [-0.39, 0.29) is 28.5 Å². The highest BCUT2D eigenvalue weighted by Crippen LogP contribution is 2.54. The normalized spacial score (nSPS) is 13.7. The Balaban J connectivity index is 1.03. The minimum Gasteiger partial charge on any atom is -0.456 e. The molecule has 10 aromatic carbocycles. The molecule has 0 N–H and O–H groups in total. The van der Waals surface area contributed by atoms with Crippen LogP contribution >= 0.6 is 11.3 Å². The molecule has 0 fully saturated rings. The van der Waals surface area contributed by atoms with Gasteiger partial charge in [0.05, 0.1) is 11.0 Å². The largest absolute Gasteiger partial charge is 0.456 e. The number of thiophene rings is 1. The molecule has 406 valence electrons. The summed E-state index contributed by atoms with van der Waals surface area (Å²) in [5.41, 5.74) is 22.8. The third-order valence-electron chi connectivity index (χ3n) is 18.4. The highest BCUT2D eigenvalue weighted by atomic mass is 32.1. The van der Waals surface area contributed by atoms with Crippen LogP contribution in [-0.2, 0) is 21.7 Å². The predicted molar refractivity (Wildman–Crippen MR) is 357 cm³/mol. The molecule has 16 rings (SSSR count). The van der Waals surface area contributed by atoms with Crippen molar-refractivity contribution in [3.05, 3.63) is 204 Å². The second kappa shape index (κ2) is 17.0. The predicted octanol–water partition coefficient (Wildman–Crippen LogP) is 20.8. The fraction of sp³-hybridized carbons (Fsp3) is 0.211. The standard InChI is InChI=1S/C76H66BN3O2S/c1-73(2,3)43-21-28-47(29-22-43)78(48-30-23-44(24-31-48)74(4,5)6)50-34-36-65-54(38-50)55-40-60-57(41-66(55)83-65)69-70-71-67(68-52-18-14-16-20-63(52)82-72(68)69)56-37-46(76(10,11)12)27-35-59(56)79(71)61-39-53-51-17-13-15-19-62(51)81-64(53)42-58(61)77(70)80(60)49-32-25-45(26-33-49)75(7,8)9/h13-42H,1-12H3. The first-order valence-electron chi connectivity index (χ1n) is 29.5. The number of hydrogen-bond donors (Lipinski definition) is 0. The van der Waals surface area contributed by atoms with Crippen LogP contribution in [-0.4, -0.2) is 11.4 Å². The molecule has 4 aromatic heterocycles. The second-order valence-electron chi connectivity index (χ2n) is 27.8. The summed E-state index contributed by atoms with van der Waals surface area (Å²) < 4.78 is 19.4. The highest BCUT2D eigenvalue weighted by molar-refractivity contribution is 7.25. The molecule has 0 spiro atoms. The molecule has 0 unspecified atom stereocenters. The van der Waals surface area contributed by atoms with Gasteiger partial charge in [-0.2, -0.15) is 0 Å². The van der Waals surface area contributed by atoms with E-state index in [1.807, 2.05) is 11.3 Å². The van der Waals surface area contributed by atoms with Crippen LogP contribution in [0.3, 0.4) is 0 Å².